The SMILES string of the molecule is CCCCCCCCCC(C)/C=N/NC(=O)CC[C@H](NC(=O)CC[C@H](NC(=O)[C@H](CCCCN=C(N)N)N=C(N)N)C(=O)N[C@@H](CCC(=O)N/N=C/C(C)CCCCCCCCC)C(=O)N/N=C/C(C)CCCCCCCCC)C(=O)N/N=C/C(C)CCCCCCCCC. The number of hydrogen-bond donors (Lipinski definition) is 11. The van der Waals surface area contributed by atoms with Gasteiger partial charge in [0.2, 0.25) is 29.5 Å². The molecule has 0 aromatic heterocycles. The Morgan fingerprint density at radius 1 is 0.316 bits per heavy atom. The highest BCUT2D eigenvalue weighted by molar-refractivity contribution is 5.95. The van der Waals surface area contributed by atoms with Crippen molar-refractivity contribution in [2.24, 2.45) is 77.0 Å². The van der Waals surface area contributed by atoms with E-state index in [-0.39, 0.29) is 80.7 Å². The zero-order valence-electron chi connectivity index (χ0n) is 60.5. The van der Waals surface area contributed by atoms with Crippen LogP contribution in [0.25, 0.3) is 0 Å². The lowest BCUT2D eigenvalue weighted by Crippen LogP contribution is -2.55. The number of nitrogens with zero attached hydrogens (tertiary/aromatic N) is 6. The topological polar surface area (TPSA) is 382 Å². The van der Waals surface area contributed by atoms with Gasteiger partial charge in [0.25, 0.3) is 11.8 Å². The van der Waals surface area contributed by atoms with Gasteiger partial charge in [0, 0.05) is 50.7 Å². The smallest absolute Gasteiger partial charge is 0.262 e. The molecule has 0 bridgehead atoms. The molecular formula is C71H135N17O7. The molecule has 0 aliphatic heterocycles. The molecule has 0 spiro atoms. The molecule has 0 aromatic rings. The second-order valence-corrected chi connectivity index (χ2v) is 26.4. The molecule has 0 aliphatic rings. The van der Waals surface area contributed by atoms with Crippen LogP contribution in [0.15, 0.2) is 30.4 Å². The summed E-state index contributed by atoms with van der Waals surface area (Å²) in [6.07, 6.45) is 42.6. The standard InChI is InChI=1S/C71H135N17O7/c1-9-13-17-21-25-29-33-39-55(5)51-77-85-64(90)48-45-61(68(94)87-79-53-57(7)41-35-31-27-23-19-15-11-3)81-63(89)47-44-60(82-66(92)59(84-71(74)75)43-37-38-50-76-70(72)73)67(93)83-62(69(95)88-80-54-58(8)42-36-32-28-24-20-16-12-4)46-49-65(91)86-78-52-56(6)40-34-30-26-22-18-14-10-2/h51-62H,9-50H2,1-8H3,(H,81,89)(H,82,92)(H,83,93)(H,85,90)(H,86,91)(H,87,94)(H,88,95)(H4,72,73,76)(H4,74,75,84)/b77-51+,78-52+,79-53+,80-54+/t55?,56?,57?,58?,59-,60-,61-,62-/m0/s1. The first-order valence-electron chi connectivity index (χ1n) is 37.1. The number of rotatable bonds is 62. The van der Waals surface area contributed by atoms with E-state index in [1.54, 1.807) is 24.9 Å². The molecule has 7 amide bonds. The molecule has 0 heterocycles. The van der Waals surface area contributed by atoms with Gasteiger partial charge in [-0.25, -0.2) is 26.7 Å². The molecule has 24 nitrogen and oxygen atoms in total. The van der Waals surface area contributed by atoms with Crippen molar-refractivity contribution >= 4 is 78.1 Å². The molecule has 24 heteroatoms. The van der Waals surface area contributed by atoms with E-state index in [2.05, 4.69) is 95.7 Å². The van der Waals surface area contributed by atoms with Crippen molar-refractivity contribution in [1.82, 2.24) is 37.7 Å². The highest BCUT2D eigenvalue weighted by Gasteiger charge is 2.31. The van der Waals surface area contributed by atoms with Crippen LogP contribution in [0.5, 0.6) is 0 Å². The maximum atomic E-state index is 14.7. The van der Waals surface area contributed by atoms with Gasteiger partial charge in [0.15, 0.2) is 11.9 Å². The van der Waals surface area contributed by atoms with Crippen molar-refractivity contribution < 1.29 is 33.6 Å². The Kier molecular flexibility index (Phi) is 57.0. The van der Waals surface area contributed by atoms with Gasteiger partial charge in [-0.3, -0.25) is 38.6 Å². The minimum Gasteiger partial charge on any atom is -0.370 e. The minimum atomic E-state index is -1.50. The minimum absolute atomic E-state index is 0.0346. The van der Waals surface area contributed by atoms with Crippen molar-refractivity contribution in [3.8, 4) is 0 Å². The van der Waals surface area contributed by atoms with E-state index in [9.17, 15) is 33.6 Å². The first-order valence-corrected chi connectivity index (χ1v) is 37.1. The average molecular weight is 1340 g/mol. The van der Waals surface area contributed by atoms with E-state index >= 15 is 0 Å². The summed E-state index contributed by atoms with van der Waals surface area (Å²) in [5.41, 5.74) is 32.9. The number of carbonyl (C=O) groups is 7. The largest absolute Gasteiger partial charge is 0.370 e. The van der Waals surface area contributed by atoms with Crippen LogP contribution in [-0.4, -0.2) is 109 Å². The number of aliphatic imine (C=N–C) groups is 2. The van der Waals surface area contributed by atoms with Gasteiger partial charge in [0.1, 0.15) is 24.2 Å². The highest BCUT2D eigenvalue weighted by Crippen LogP contribution is 2.17. The van der Waals surface area contributed by atoms with Crippen molar-refractivity contribution in [3.05, 3.63) is 0 Å². The summed E-state index contributed by atoms with van der Waals surface area (Å²) in [4.78, 5) is 106. The Morgan fingerprint density at radius 3 is 0.958 bits per heavy atom. The molecule has 95 heavy (non-hydrogen) atoms. The molecule has 15 N–H and O–H groups in total. The number of nitrogens with two attached hydrogens (primary N) is 4. The lowest BCUT2D eigenvalue weighted by molar-refractivity contribution is -0.133. The van der Waals surface area contributed by atoms with E-state index in [1.807, 2.05) is 27.7 Å². The van der Waals surface area contributed by atoms with Crippen molar-refractivity contribution in [1.29, 1.82) is 0 Å². The summed E-state index contributed by atoms with van der Waals surface area (Å²) in [5.74, 6) is -4.83. The number of carbonyl (C=O) groups excluding carboxylic acids is 7. The Morgan fingerprint density at radius 2 is 0.611 bits per heavy atom. The summed E-state index contributed by atoms with van der Waals surface area (Å²) in [6, 6.07) is -5.32. The van der Waals surface area contributed by atoms with E-state index in [0.29, 0.717) is 12.8 Å². The van der Waals surface area contributed by atoms with Gasteiger partial charge in [-0.1, -0.05) is 235 Å². The van der Waals surface area contributed by atoms with Gasteiger partial charge in [-0.15, -0.1) is 0 Å². The Hall–Kier alpha value is -6.49. The van der Waals surface area contributed by atoms with E-state index in [4.69, 9.17) is 22.9 Å². The van der Waals surface area contributed by atoms with Crippen LogP contribution in [-0.2, 0) is 33.6 Å². The molecule has 0 rings (SSSR count). The van der Waals surface area contributed by atoms with Crippen LogP contribution in [0.3, 0.4) is 0 Å². The van der Waals surface area contributed by atoms with Gasteiger partial charge < -0.3 is 38.9 Å². The Balaban J connectivity index is 6.89. The lowest BCUT2D eigenvalue weighted by Gasteiger charge is -2.24. The van der Waals surface area contributed by atoms with Gasteiger partial charge >= 0.3 is 0 Å². The maximum absolute atomic E-state index is 14.7. The van der Waals surface area contributed by atoms with Gasteiger partial charge in [-0.2, -0.15) is 20.4 Å². The fourth-order valence-corrected chi connectivity index (χ4v) is 10.7. The predicted octanol–water partition coefficient (Wildman–Crippen LogP) is 11.4. The summed E-state index contributed by atoms with van der Waals surface area (Å²) < 4.78 is 0. The normalized spacial score (nSPS) is 14.1. The lowest BCUT2D eigenvalue weighted by atomic mass is 10.0. The van der Waals surface area contributed by atoms with Crippen LogP contribution in [0.1, 0.15) is 319 Å². The van der Waals surface area contributed by atoms with E-state index in [0.717, 1.165) is 83.5 Å². The first-order chi connectivity index (χ1) is 45.8. The van der Waals surface area contributed by atoms with Crippen LogP contribution < -0.4 is 60.6 Å². The molecule has 8 atom stereocenters. The third-order valence-corrected chi connectivity index (χ3v) is 16.8. The number of nitrogens with one attached hydrogen (secondary N) is 7. The second-order valence-electron chi connectivity index (χ2n) is 26.4. The molecule has 0 saturated carbocycles. The fraction of sp³-hybridized carbons (Fsp3) is 0.817. The molecule has 546 valence electrons. The number of amides is 7. The number of hydrazone groups is 4. The maximum Gasteiger partial charge on any atom is 0.262 e. The third-order valence-electron chi connectivity index (χ3n) is 16.8. The molecule has 0 saturated heterocycles. The summed E-state index contributed by atoms with van der Waals surface area (Å²) >= 11 is 0. The van der Waals surface area contributed by atoms with Crippen LogP contribution >= 0.6 is 0 Å². The van der Waals surface area contributed by atoms with Crippen LogP contribution in [0, 0.1) is 23.7 Å². The quantitative estimate of drug-likeness (QED) is 0.0118. The molecule has 4 unspecified atom stereocenters. The summed E-state index contributed by atoms with van der Waals surface area (Å²) in [7, 11) is 0. The number of guanidine groups is 2. The molecular weight excluding hydrogens is 1200 g/mol. The zero-order valence-corrected chi connectivity index (χ0v) is 60.5. The van der Waals surface area contributed by atoms with E-state index < -0.39 is 71.9 Å². The third kappa shape index (κ3) is 54.3. The summed E-state index contributed by atoms with van der Waals surface area (Å²) in [5, 5.41) is 25.0. The Bertz CT molecular complexity index is 2220. The van der Waals surface area contributed by atoms with Crippen molar-refractivity contribution in [3.63, 3.8) is 0 Å². The monoisotopic (exact) mass is 1340 g/mol. The highest BCUT2D eigenvalue weighted by atomic mass is 16.2. The second kappa shape index (κ2) is 61.1. The number of unbranched alkanes of at least 4 members (excludes halogenated alkanes) is 25. The molecule has 0 radical (unpaired) electrons. The molecule has 0 fully saturated rings. The average Bonchev–Trinajstić information content (AvgIpc) is 1.86. The van der Waals surface area contributed by atoms with Crippen molar-refractivity contribution in [2.75, 3.05) is 6.54 Å². The number of hydrogen-bond acceptors (Lipinski definition) is 13. The zero-order chi connectivity index (χ0) is 70.5. The summed E-state index contributed by atoms with van der Waals surface area (Å²) in [6.45, 7) is 17.2. The van der Waals surface area contributed by atoms with Gasteiger partial charge in [0.05, 0.1) is 0 Å². The van der Waals surface area contributed by atoms with Gasteiger partial charge in [-0.05, 0) is 87.9 Å². The first kappa shape index (κ1) is 88.5. The Labute approximate surface area is 573 Å². The molecule has 0 aromatic carbocycles. The molecule has 0 aliphatic carbocycles. The van der Waals surface area contributed by atoms with Crippen LogP contribution in [0.4, 0.5) is 0 Å². The van der Waals surface area contributed by atoms with Crippen LogP contribution in [0.2, 0.25) is 0 Å². The van der Waals surface area contributed by atoms with E-state index in [1.165, 1.54) is 122 Å². The predicted molar refractivity (Wildman–Crippen MR) is 391 cm³/mol. The van der Waals surface area contributed by atoms with Crippen molar-refractivity contribution in [2.45, 2.75) is 343 Å². The fourth-order valence-electron chi connectivity index (χ4n) is 10.7.